The second kappa shape index (κ2) is 10.6. The topological polar surface area (TPSA) is 0 Å². The Morgan fingerprint density at radius 3 is 2.44 bits per heavy atom. The van der Waals surface area contributed by atoms with Crippen molar-refractivity contribution in [3.8, 4) is 11.1 Å². The van der Waals surface area contributed by atoms with Crippen LogP contribution in [0.5, 0.6) is 0 Å². The van der Waals surface area contributed by atoms with Crippen molar-refractivity contribution in [1.82, 2.24) is 0 Å². The summed E-state index contributed by atoms with van der Waals surface area (Å²) in [6.45, 7) is 0. The highest BCUT2D eigenvalue weighted by molar-refractivity contribution is 7.20. The first kappa shape index (κ1) is 26.0. The van der Waals surface area contributed by atoms with Crippen LogP contribution in [0, 0.1) is 0 Å². The van der Waals surface area contributed by atoms with Crippen molar-refractivity contribution in [3.05, 3.63) is 121 Å². The minimum atomic E-state index is 0.447. The lowest BCUT2D eigenvalue weighted by molar-refractivity contribution is 0.591. The number of hydrogen-bond acceptors (Lipinski definition) is 1. The van der Waals surface area contributed by atoms with Gasteiger partial charge in [-0.25, -0.2) is 0 Å². The molecule has 5 aliphatic rings. The standard InChI is InChI=1S/C42H40S/c1-2-15-28-27(13-1)14-11-23-29(28)30-16-3-4-17-31(30)40-32-18-5-7-20-34(32)41(35-21-8-6-19-33(35)40)37-24-12-26-39-42(37)36-22-9-10-25-38(36)43-39/h2-4,9-10,12,15-18,20,22,25-26,29,37H,1,5-8,11,13-14,19,21,23-24H2. The zero-order valence-corrected chi connectivity index (χ0v) is 25.9. The van der Waals surface area contributed by atoms with Gasteiger partial charge in [0.05, 0.1) is 0 Å². The quantitative estimate of drug-likeness (QED) is 0.228. The molecule has 0 bridgehead atoms. The van der Waals surface area contributed by atoms with E-state index in [9.17, 15) is 0 Å². The fraction of sp³-hybridized carbons (Fsp3) is 0.333. The molecule has 3 aromatic carbocycles. The molecule has 4 aromatic rings. The lowest BCUT2D eigenvalue weighted by Gasteiger charge is -2.33. The molecule has 0 fully saturated rings. The average molecular weight is 577 g/mol. The Labute approximate surface area is 259 Å². The average Bonchev–Trinajstić information content (AvgIpc) is 3.46. The van der Waals surface area contributed by atoms with E-state index in [-0.39, 0.29) is 0 Å². The normalized spacial score (nSPS) is 22.3. The molecule has 0 saturated heterocycles. The summed E-state index contributed by atoms with van der Waals surface area (Å²) in [4.78, 5) is 1.48. The van der Waals surface area contributed by atoms with Gasteiger partial charge in [0.2, 0.25) is 0 Å². The van der Waals surface area contributed by atoms with Gasteiger partial charge in [-0.05, 0) is 150 Å². The molecule has 214 valence electrons. The van der Waals surface area contributed by atoms with Crippen LogP contribution in [0.15, 0.2) is 77.9 Å². The van der Waals surface area contributed by atoms with Crippen LogP contribution in [-0.4, -0.2) is 0 Å². The van der Waals surface area contributed by atoms with E-state index in [0.717, 1.165) is 19.3 Å². The van der Waals surface area contributed by atoms with Gasteiger partial charge in [0.25, 0.3) is 0 Å². The Morgan fingerprint density at radius 2 is 1.49 bits per heavy atom. The van der Waals surface area contributed by atoms with Crippen molar-refractivity contribution < 1.29 is 0 Å². The minimum absolute atomic E-state index is 0.447. The highest BCUT2D eigenvalue weighted by Crippen LogP contribution is 2.48. The van der Waals surface area contributed by atoms with E-state index < -0.39 is 0 Å². The Balaban J connectivity index is 1.31. The Hall–Kier alpha value is -3.42. The molecule has 2 atom stereocenters. The highest BCUT2D eigenvalue weighted by Gasteiger charge is 2.32. The van der Waals surface area contributed by atoms with Gasteiger partial charge >= 0.3 is 0 Å². The molecular weight excluding hydrogens is 537 g/mol. The Bertz CT molecular complexity index is 1990. The first-order valence-electron chi connectivity index (χ1n) is 16.9. The minimum Gasteiger partial charge on any atom is -0.136 e. The highest BCUT2D eigenvalue weighted by atomic mass is 32.1. The summed E-state index contributed by atoms with van der Waals surface area (Å²) in [5, 5.41) is 4.60. The summed E-state index contributed by atoms with van der Waals surface area (Å²) in [6, 6.07) is 18.7. The van der Waals surface area contributed by atoms with Crippen molar-refractivity contribution in [3.63, 3.8) is 0 Å². The van der Waals surface area contributed by atoms with Crippen molar-refractivity contribution in [2.45, 2.75) is 88.9 Å². The number of benzene rings is 3. The van der Waals surface area contributed by atoms with Crippen molar-refractivity contribution >= 4 is 39.7 Å². The molecule has 5 aliphatic carbocycles. The van der Waals surface area contributed by atoms with Crippen molar-refractivity contribution in [1.29, 1.82) is 0 Å². The molecule has 1 heteroatoms. The van der Waals surface area contributed by atoms with E-state index >= 15 is 0 Å². The predicted molar refractivity (Wildman–Crippen MR) is 185 cm³/mol. The second-order valence-corrected chi connectivity index (χ2v) is 14.4. The van der Waals surface area contributed by atoms with Crippen molar-refractivity contribution in [2.24, 2.45) is 0 Å². The van der Waals surface area contributed by atoms with Crippen LogP contribution in [0.25, 0.3) is 39.4 Å². The fourth-order valence-electron chi connectivity index (χ4n) is 9.32. The molecule has 43 heavy (non-hydrogen) atoms. The van der Waals surface area contributed by atoms with E-state index in [1.54, 1.807) is 55.0 Å². The third-order valence-corrected chi connectivity index (χ3v) is 12.2. The van der Waals surface area contributed by atoms with Crippen LogP contribution < -0.4 is 10.4 Å². The monoisotopic (exact) mass is 576 g/mol. The number of thiophene rings is 1. The third kappa shape index (κ3) is 4.15. The Kier molecular flexibility index (Phi) is 6.44. The SMILES string of the molecule is C1=CC2=C(CC1)CCCC2c1ccccc1-c1c2c(c(C3CC=Cc4sc5ccccc5c43)c3c1=CCCC=3)CCCC2. The van der Waals surface area contributed by atoms with Gasteiger partial charge in [0, 0.05) is 21.4 Å². The summed E-state index contributed by atoms with van der Waals surface area (Å²) in [5.41, 5.74) is 14.7. The molecule has 0 N–H and O–H groups in total. The molecule has 0 saturated carbocycles. The fourth-order valence-corrected chi connectivity index (χ4v) is 10.5. The number of fused-ring (bicyclic) bond motifs is 5. The molecule has 0 nitrogen and oxygen atoms in total. The molecular formula is C42H40S. The van der Waals surface area contributed by atoms with Crippen LogP contribution in [0.4, 0.5) is 0 Å². The molecule has 1 aromatic heterocycles. The molecule has 0 amide bonds. The van der Waals surface area contributed by atoms with Crippen LogP contribution in [-0.2, 0) is 12.8 Å². The molecule has 2 unspecified atom stereocenters. The van der Waals surface area contributed by atoms with Crippen LogP contribution in [0.3, 0.4) is 0 Å². The van der Waals surface area contributed by atoms with Gasteiger partial charge in [-0.3, -0.25) is 0 Å². The number of rotatable bonds is 3. The maximum atomic E-state index is 2.63. The second-order valence-electron chi connectivity index (χ2n) is 13.4. The Morgan fingerprint density at radius 1 is 0.651 bits per heavy atom. The van der Waals surface area contributed by atoms with Gasteiger partial charge in [0.1, 0.15) is 0 Å². The van der Waals surface area contributed by atoms with E-state index in [1.165, 1.54) is 78.3 Å². The predicted octanol–water partition coefficient (Wildman–Crippen LogP) is 10.3. The van der Waals surface area contributed by atoms with Gasteiger partial charge in [0.15, 0.2) is 0 Å². The maximum Gasteiger partial charge on any atom is 0.0352 e. The van der Waals surface area contributed by atoms with Crippen LogP contribution in [0.2, 0.25) is 0 Å². The molecule has 0 radical (unpaired) electrons. The van der Waals surface area contributed by atoms with Gasteiger partial charge in [-0.1, -0.05) is 78.4 Å². The van der Waals surface area contributed by atoms with Gasteiger partial charge < -0.3 is 0 Å². The molecule has 1 heterocycles. The zero-order valence-electron chi connectivity index (χ0n) is 25.1. The maximum absolute atomic E-state index is 2.63. The van der Waals surface area contributed by atoms with Crippen LogP contribution >= 0.6 is 11.3 Å². The van der Waals surface area contributed by atoms with Gasteiger partial charge in [-0.2, -0.15) is 0 Å². The summed E-state index contributed by atoms with van der Waals surface area (Å²) in [6.07, 6.45) is 29.9. The zero-order chi connectivity index (χ0) is 28.3. The lowest BCUT2D eigenvalue weighted by atomic mass is 9.71. The molecule has 9 rings (SSSR count). The van der Waals surface area contributed by atoms with E-state index in [0.29, 0.717) is 11.8 Å². The van der Waals surface area contributed by atoms with Gasteiger partial charge in [-0.15, -0.1) is 11.3 Å². The first-order valence-corrected chi connectivity index (χ1v) is 17.7. The molecule has 0 spiro atoms. The molecule has 0 aliphatic heterocycles. The summed E-state index contributed by atoms with van der Waals surface area (Å²) >= 11 is 1.99. The number of hydrogen-bond donors (Lipinski definition) is 0. The lowest BCUT2D eigenvalue weighted by Crippen LogP contribution is -2.38. The summed E-state index contributed by atoms with van der Waals surface area (Å²) in [7, 11) is 0. The van der Waals surface area contributed by atoms with E-state index in [1.807, 2.05) is 11.3 Å². The van der Waals surface area contributed by atoms with Crippen LogP contribution in [0.1, 0.15) is 109 Å². The largest absolute Gasteiger partial charge is 0.136 e. The number of allylic oxidation sites excluding steroid dienone is 5. The smallest absolute Gasteiger partial charge is 0.0352 e. The van der Waals surface area contributed by atoms with E-state index in [4.69, 9.17) is 0 Å². The summed E-state index contributed by atoms with van der Waals surface area (Å²) < 4.78 is 1.44. The summed E-state index contributed by atoms with van der Waals surface area (Å²) in [5.74, 6) is 0.976. The van der Waals surface area contributed by atoms with E-state index in [2.05, 4.69) is 85.0 Å². The van der Waals surface area contributed by atoms with Crippen molar-refractivity contribution in [2.75, 3.05) is 0 Å². The third-order valence-electron chi connectivity index (χ3n) is 11.1. The first-order chi connectivity index (χ1) is 21.4.